The maximum absolute atomic E-state index is 12.4. The topological polar surface area (TPSA) is 36.9 Å². The Hall–Kier alpha value is -0.940. The normalized spacial score (nSPS) is 10.8. The molecule has 0 unspecified atom stereocenters. The summed E-state index contributed by atoms with van der Waals surface area (Å²) in [5.74, 6) is -0.164. The van der Waals surface area contributed by atoms with Gasteiger partial charge in [0.25, 0.3) is 0 Å². The average molecular weight is 242 g/mol. The molecule has 0 aliphatic rings. The van der Waals surface area contributed by atoms with Crippen LogP contribution in [0.2, 0.25) is 0 Å². The van der Waals surface area contributed by atoms with Crippen molar-refractivity contribution in [3.63, 3.8) is 0 Å². The van der Waals surface area contributed by atoms with E-state index in [1.807, 2.05) is 0 Å². The fourth-order valence-electron chi connectivity index (χ4n) is 1.12. The van der Waals surface area contributed by atoms with Crippen molar-refractivity contribution >= 4 is 5.69 Å². The van der Waals surface area contributed by atoms with E-state index in [1.165, 1.54) is 13.2 Å². The third-order valence-electron chi connectivity index (χ3n) is 1.96. The molecule has 1 aromatic carbocycles. The Bertz CT molecular complexity index is 352. The van der Waals surface area contributed by atoms with Gasteiger partial charge in [-0.3, -0.25) is 0 Å². The van der Waals surface area contributed by atoms with E-state index in [9.17, 15) is 13.2 Å². The predicted octanol–water partition coefficient (Wildman–Crippen LogP) is -1.10. The molecule has 1 rings (SSSR count). The number of halogens is 4. The molecule has 0 aliphatic heterocycles. The SMILES string of the molecule is COc1cc(C)c([NH3+])cc1C(F)(F)F.[Cl-]. The highest BCUT2D eigenvalue weighted by Crippen LogP contribution is 2.37. The number of hydrogen-bond donors (Lipinski definition) is 1. The lowest BCUT2D eigenvalue weighted by Crippen LogP contribution is -3.00. The van der Waals surface area contributed by atoms with E-state index in [0.29, 0.717) is 11.3 Å². The largest absolute Gasteiger partial charge is 1.00 e. The Labute approximate surface area is 91.6 Å². The van der Waals surface area contributed by atoms with Gasteiger partial charge in [0.15, 0.2) is 0 Å². The molecule has 0 amide bonds. The Kier molecular flexibility index (Phi) is 4.42. The number of quaternary nitrogens is 1. The summed E-state index contributed by atoms with van der Waals surface area (Å²) in [7, 11) is 1.22. The van der Waals surface area contributed by atoms with Crippen molar-refractivity contribution in [1.82, 2.24) is 0 Å². The van der Waals surface area contributed by atoms with E-state index in [2.05, 4.69) is 10.5 Å². The van der Waals surface area contributed by atoms with Crippen LogP contribution in [0.1, 0.15) is 11.1 Å². The Morgan fingerprint density at radius 3 is 2.20 bits per heavy atom. The van der Waals surface area contributed by atoms with Crippen molar-refractivity contribution in [3.05, 3.63) is 23.3 Å². The monoisotopic (exact) mass is 241 g/mol. The first-order valence-electron chi connectivity index (χ1n) is 3.94. The second-order valence-corrected chi connectivity index (χ2v) is 2.98. The molecule has 0 aromatic heterocycles. The van der Waals surface area contributed by atoms with Crippen LogP contribution in [-0.2, 0) is 6.18 Å². The molecular formula is C9H11ClF3NO. The van der Waals surface area contributed by atoms with Crippen molar-refractivity contribution in [2.75, 3.05) is 7.11 Å². The van der Waals surface area contributed by atoms with Gasteiger partial charge >= 0.3 is 6.18 Å². The molecule has 86 valence electrons. The highest BCUT2D eigenvalue weighted by atomic mass is 35.5. The van der Waals surface area contributed by atoms with Crippen LogP contribution in [0, 0.1) is 6.92 Å². The molecule has 1 aromatic rings. The lowest BCUT2D eigenvalue weighted by Gasteiger charge is -2.12. The summed E-state index contributed by atoms with van der Waals surface area (Å²) in [6, 6.07) is 2.33. The first-order valence-corrected chi connectivity index (χ1v) is 3.94. The number of alkyl halides is 3. The van der Waals surface area contributed by atoms with Gasteiger partial charge in [-0.1, -0.05) is 0 Å². The number of rotatable bonds is 1. The summed E-state index contributed by atoms with van der Waals surface area (Å²) in [6.07, 6.45) is -4.40. The lowest BCUT2D eigenvalue weighted by molar-refractivity contribution is -0.256. The second kappa shape index (κ2) is 4.72. The van der Waals surface area contributed by atoms with E-state index in [4.69, 9.17) is 0 Å². The van der Waals surface area contributed by atoms with Crippen molar-refractivity contribution in [1.29, 1.82) is 0 Å². The zero-order valence-electron chi connectivity index (χ0n) is 8.28. The van der Waals surface area contributed by atoms with E-state index in [1.54, 1.807) is 6.92 Å². The van der Waals surface area contributed by atoms with Gasteiger partial charge in [-0.05, 0) is 13.0 Å². The number of benzene rings is 1. The van der Waals surface area contributed by atoms with Crippen LogP contribution >= 0.6 is 0 Å². The maximum Gasteiger partial charge on any atom is 0.420 e. The minimum absolute atomic E-state index is 0. The van der Waals surface area contributed by atoms with Crippen LogP contribution in [0.4, 0.5) is 18.9 Å². The van der Waals surface area contributed by atoms with Crippen molar-refractivity contribution in [2.45, 2.75) is 13.1 Å². The van der Waals surface area contributed by atoms with Gasteiger partial charge in [0.1, 0.15) is 17.0 Å². The minimum Gasteiger partial charge on any atom is -1.00 e. The van der Waals surface area contributed by atoms with Gasteiger partial charge in [-0.15, -0.1) is 0 Å². The van der Waals surface area contributed by atoms with E-state index in [-0.39, 0.29) is 18.2 Å². The number of methoxy groups -OCH3 is 1. The van der Waals surface area contributed by atoms with Crippen molar-refractivity contribution < 1.29 is 36.0 Å². The van der Waals surface area contributed by atoms with E-state index in [0.717, 1.165) is 6.07 Å². The smallest absolute Gasteiger partial charge is 0.420 e. The summed E-state index contributed by atoms with van der Waals surface area (Å²) >= 11 is 0. The van der Waals surface area contributed by atoms with Gasteiger partial charge in [0.05, 0.1) is 7.11 Å². The van der Waals surface area contributed by atoms with Gasteiger partial charge in [-0.2, -0.15) is 13.2 Å². The fourth-order valence-corrected chi connectivity index (χ4v) is 1.12. The molecule has 0 aliphatic carbocycles. The molecule has 0 radical (unpaired) electrons. The third-order valence-corrected chi connectivity index (χ3v) is 1.96. The lowest BCUT2D eigenvalue weighted by atomic mass is 10.1. The molecule has 0 saturated carbocycles. The standard InChI is InChI=1S/C9H10F3NO.ClH/c1-5-3-8(14-2)6(4-7(5)13)9(10,11)12;/h3-4H,13H2,1-2H3;1H. The molecule has 0 saturated heterocycles. The number of hydrogen-bond acceptors (Lipinski definition) is 1. The molecule has 6 heteroatoms. The molecule has 15 heavy (non-hydrogen) atoms. The summed E-state index contributed by atoms with van der Waals surface area (Å²) in [5.41, 5.74) is 3.77. The molecule has 0 atom stereocenters. The number of aryl methyl sites for hydroxylation is 1. The summed E-state index contributed by atoms with van der Waals surface area (Å²) in [5, 5.41) is 0. The zero-order valence-corrected chi connectivity index (χ0v) is 9.04. The minimum atomic E-state index is -4.40. The zero-order chi connectivity index (χ0) is 10.9. The highest BCUT2D eigenvalue weighted by molar-refractivity contribution is 5.50. The van der Waals surface area contributed by atoms with Gasteiger partial charge in [0, 0.05) is 11.6 Å². The van der Waals surface area contributed by atoms with Crippen molar-refractivity contribution in [3.8, 4) is 5.75 Å². The molecule has 0 bridgehead atoms. The van der Waals surface area contributed by atoms with Gasteiger partial charge in [-0.25, -0.2) is 0 Å². The van der Waals surface area contributed by atoms with Crippen LogP contribution in [0.25, 0.3) is 0 Å². The quantitative estimate of drug-likeness (QED) is 0.666. The van der Waals surface area contributed by atoms with Crippen LogP contribution < -0.4 is 22.9 Å². The Morgan fingerprint density at radius 2 is 1.80 bits per heavy atom. The van der Waals surface area contributed by atoms with E-state index >= 15 is 0 Å². The van der Waals surface area contributed by atoms with Gasteiger partial charge < -0.3 is 22.9 Å². The summed E-state index contributed by atoms with van der Waals surface area (Å²) in [6.45, 7) is 1.69. The van der Waals surface area contributed by atoms with Gasteiger partial charge in [0.2, 0.25) is 0 Å². The molecule has 2 nitrogen and oxygen atoms in total. The second-order valence-electron chi connectivity index (χ2n) is 2.98. The highest BCUT2D eigenvalue weighted by Gasteiger charge is 2.35. The molecule has 0 fully saturated rings. The Morgan fingerprint density at radius 1 is 1.27 bits per heavy atom. The van der Waals surface area contributed by atoms with Crippen LogP contribution in [0.15, 0.2) is 12.1 Å². The number of ether oxygens (including phenoxy) is 1. The molecular weight excluding hydrogens is 231 g/mol. The van der Waals surface area contributed by atoms with Crippen LogP contribution in [0.5, 0.6) is 5.75 Å². The van der Waals surface area contributed by atoms with Crippen molar-refractivity contribution in [2.24, 2.45) is 0 Å². The van der Waals surface area contributed by atoms with Crippen LogP contribution in [-0.4, -0.2) is 7.11 Å². The third kappa shape index (κ3) is 3.00. The molecule has 0 heterocycles. The first-order chi connectivity index (χ1) is 6.36. The predicted molar refractivity (Wildman–Crippen MR) is 45.3 cm³/mol. The average Bonchev–Trinajstić information content (AvgIpc) is 2.07. The van der Waals surface area contributed by atoms with E-state index < -0.39 is 11.7 Å². The molecule has 0 spiro atoms. The Balaban J connectivity index is 0.00000196. The summed E-state index contributed by atoms with van der Waals surface area (Å²) < 4.78 is 42.0. The summed E-state index contributed by atoms with van der Waals surface area (Å²) in [4.78, 5) is 0. The fraction of sp³-hybridized carbons (Fsp3) is 0.333. The van der Waals surface area contributed by atoms with Crippen LogP contribution in [0.3, 0.4) is 0 Å². The maximum atomic E-state index is 12.4. The molecule has 3 N–H and O–H groups in total. The first kappa shape index (κ1) is 14.1.